The Morgan fingerprint density at radius 2 is 1.70 bits per heavy atom. The Balaban J connectivity index is 1.56. The number of carbonyl (C=O) groups is 3. The number of aryl methyl sites for hydroxylation is 3. The van der Waals surface area contributed by atoms with Crippen LogP contribution in [0.2, 0.25) is 0 Å². The topological polar surface area (TPSA) is 96.3 Å². The van der Waals surface area contributed by atoms with E-state index in [1.54, 1.807) is 22.9 Å². The highest BCUT2D eigenvalue weighted by Gasteiger charge is 2.51. The lowest BCUT2D eigenvalue weighted by Crippen LogP contribution is -2.44. The number of nitrogens with one attached hydrogen (secondary N) is 2. The molecule has 0 radical (unpaired) electrons. The molecule has 1 aromatic heterocycles. The molecule has 8 heteroatoms. The molecule has 0 spiro atoms. The summed E-state index contributed by atoms with van der Waals surface area (Å²) in [5, 5.41) is 10.1. The van der Waals surface area contributed by atoms with Crippen LogP contribution in [0.4, 0.5) is 10.6 Å². The Bertz CT molecular complexity index is 1210. The molecule has 1 fully saturated rings. The first-order valence-corrected chi connectivity index (χ1v) is 10.9. The van der Waals surface area contributed by atoms with E-state index < -0.39 is 29.9 Å². The van der Waals surface area contributed by atoms with Crippen LogP contribution in [0.5, 0.6) is 0 Å². The molecule has 33 heavy (non-hydrogen) atoms. The van der Waals surface area contributed by atoms with Gasteiger partial charge in [-0.3, -0.25) is 14.5 Å². The second-order valence-corrected chi connectivity index (χ2v) is 8.42. The molecule has 4 amide bonds. The monoisotopic (exact) mass is 445 g/mol. The average molecular weight is 446 g/mol. The standard InChI is InChI=1S/C25H27N5O3/c1-5-25(19-9-7-6-8-10-19)23(32)29(24(33)27-25)15-22(31)26-21-14-18(4)28-30(21)20-12-16(2)11-17(3)13-20/h6-14H,5,15H2,1-4H3,(H,26,31)(H,27,33). The number of amides is 4. The minimum Gasteiger partial charge on any atom is -0.319 e. The van der Waals surface area contributed by atoms with Crippen molar-refractivity contribution in [2.75, 3.05) is 11.9 Å². The maximum absolute atomic E-state index is 13.3. The fraction of sp³-hybridized carbons (Fsp3) is 0.280. The Morgan fingerprint density at radius 3 is 2.33 bits per heavy atom. The van der Waals surface area contributed by atoms with Crippen LogP contribution in [0, 0.1) is 20.8 Å². The summed E-state index contributed by atoms with van der Waals surface area (Å²) in [5.74, 6) is -0.446. The zero-order chi connectivity index (χ0) is 23.8. The van der Waals surface area contributed by atoms with Gasteiger partial charge in [-0.1, -0.05) is 43.3 Å². The number of imide groups is 1. The van der Waals surface area contributed by atoms with E-state index in [1.165, 1.54) is 0 Å². The van der Waals surface area contributed by atoms with E-state index in [0.717, 1.165) is 27.4 Å². The van der Waals surface area contributed by atoms with Crippen LogP contribution in [0.1, 0.15) is 35.7 Å². The van der Waals surface area contributed by atoms with E-state index in [2.05, 4.69) is 21.8 Å². The summed E-state index contributed by atoms with van der Waals surface area (Å²) in [5.41, 5.74) is 3.22. The Kier molecular flexibility index (Phi) is 5.76. The van der Waals surface area contributed by atoms with Crippen molar-refractivity contribution in [2.45, 2.75) is 39.7 Å². The summed E-state index contributed by atoms with van der Waals surface area (Å²) in [4.78, 5) is 39.8. The molecular weight excluding hydrogens is 418 g/mol. The van der Waals surface area contributed by atoms with Crippen molar-refractivity contribution in [3.8, 4) is 5.69 Å². The fourth-order valence-corrected chi connectivity index (χ4v) is 4.32. The Hall–Kier alpha value is -3.94. The van der Waals surface area contributed by atoms with Gasteiger partial charge >= 0.3 is 6.03 Å². The van der Waals surface area contributed by atoms with Crippen molar-refractivity contribution < 1.29 is 14.4 Å². The smallest absolute Gasteiger partial charge is 0.319 e. The zero-order valence-corrected chi connectivity index (χ0v) is 19.2. The Morgan fingerprint density at radius 1 is 1.03 bits per heavy atom. The number of urea groups is 1. The molecule has 2 aromatic carbocycles. The van der Waals surface area contributed by atoms with Crippen LogP contribution >= 0.6 is 0 Å². The van der Waals surface area contributed by atoms with Crippen LogP contribution < -0.4 is 10.6 Å². The minimum atomic E-state index is -1.17. The van der Waals surface area contributed by atoms with Crippen molar-refractivity contribution in [2.24, 2.45) is 0 Å². The molecule has 4 rings (SSSR count). The molecule has 3 aromatic rings. The third kappa shape index (κ3) is 4.11. The number of carbonyl (C=O) groups excluding carboxylic acids is 3. The molecule has 1 unspecified atom stereocenters. The van der Waals surface area contributed by atoms with Gasteiger partial charge in [0, 0.05) is 6.07 Å². The van der Waals surface area contributed by atoms with E-state index in [9.17, 15) is 14.4 Å². The number of aromatic nitrogens is 2. The van der Waals surface area contributed by atoms with Gasteiger partial charge in [-0.15, -0.1) is 0 Å². The zero-order valence-electron chi connectivity index (χ0n) is 19.2. The molecule has 170 valence electrons. The van der Waals surface area contributed by atoms with Gasteiger partial charge in [0.2, 0.25) is 5.91 Å². The predicted molar refractivity (Wildman–Crippen MR) is 125 cm³/mol. The van der Waals surface area contributed by atoms with Gasteiger partial charge in [0.15, 0.2) is 0 Å². The second-order valence-electron chi connectivity index (χ2n) is 8.42. The third-order valence-corrected chi connectivity index (χ3v) is 5.82. The van der Waals surface area contributed by atoms with E-state index in [-0.39, 0.29) is 0 Å². The number of hydrogen-bond donors (Lipinski definition) is 2. The van der Waals surface area contributed by atoms with Crippen molar-refractivity contribution in [1.82, 2.24) is 20.0 Å². The lowest BCUT2D eigenvalue weighted by molar-refractivity contribution is -0.134. The summed E-state index contributed by atoms with van der Waals surface area (Å²) in [6.45, 7) is 7.27. The largest absolute Gasteiger partial charge is 0.325 e. The first kappa shape index (κ1) is 22.3. The molecule has 1 saturated heterocycles. The summed E-state index contributed by atoms with van der Waals surface area (Å²) in [6.07, 6.45) is 0.373. The lowest BCUT2D eigenvalue weighted by atomic mass is 9.87. The van der Waals surface area contributed by atoms with Gasteiger partial charge in [-0.05, 0) is 56.0 Å². The highest BCUT2D eigenvalue weighted by molar-refractivity contribution is 6.10. The second kappa shape index (κ2) is 8.54. The third-order valence-electron chi connectivity index (χ3n) is 5.82. The number of benzene rings is 2. The number of rotatable bonds is 6. The summed E-state index contributed by atoms with van der Waals surface area (Å²) < 4.78 is 1.65. The molecular formula is C25H27N5O3. The predicted octanol–water partition coefficient (Wildman–Crippen LogP) is 3.59. The molecule has 0 saturated carbocycles. The molecule has 8 nitrogen and oxygen atoms in total. The van der Waals surface area contributed by atoms with Crippen LogP contribution in [-0.4, -0.2) is 39.1 Å². The van der Waals surface area contributed by atoms with Crippen LogP contribution in [0.25, 0.3) is 5.69 Å². The number of nitrogens with zero attached hydrogens (tertiary/aromatic N) is 3. The molecule has 1 aliphatic heterocycles. The molecule has 1 atom stereocenters. The fourth-order valence-electron chi connectivity index (χ4n) is 4.32. The van der Waals surface area contributed by atoms with Gasteiger partial charge < -0.3 is 10.6 Å². The van der Waals surface area contributed by atoms with Crippen molar-refractivity contribution in [3.63, 3.8) is 0 Å². The van der Waals surface area contributed by atoms with E-state index >= 15 is 0 Å². The van der Waals surface area contributed by atoms with Gasteiger partial charge in [0.05, 0.1) is 11.4 Å². The quantitative estimate of drug-likeness (QED) is 0.567. The van der Waals surface area contributed by atoms with Crippen molar-refractivity contribution in [3.05, 3.63) is 77.0 Å². The van der Waals surface area contributed by atoms with E-state index in [0.29, 0.717) is 17.8 Å². The van der Waals surface area contributed by atoms with Crippen molar-refractivity contribution >= 4 is 23.7 Å². The molecule has 2 heterocycles. The minimum absolute atomic E-state index is 0.373. The molecule has 1 aliphatic rings. The average Bonchev–Trinajstić information content (AvgIpc) is 3.25. The first-order valence-electron chi connectivity index (χ1n) is 10.9. The first-order chi connectivity index (χ1) is 15.7. The highest BCUT2D eigenvalue weighted by Crippen LogP contribution is 2.32. The van der Waals surface area contributed by atoms with Crippen LogP contribution in [0.15, 0.2) is 54.6 Å². The summed E-state index contributed by atoms with van der Waals surface area (Å²) in [6, 6.07) is 16.3. The van der Waals surface area contributed by atoms with Gasteiger partial charge in [-0.25, -0.2) is 9.48 Å². The lowest BCUT2D eigenvalue weighted by Gasteiger charge is -2.25. The van der Waals surface area contributed by atoms with Gasteiger partial charge in [-0.2, -0.15) is 5.10 Å². The molecule has 0 bridgehead atoms. The number of hydrogen-bond acceptors (Lipinski definition) is 4. The van der Waals surface area contributed by atoms with E-state index in [1.807, 2.05) is 58.0 Å². The SMILES string of the molecule is CCC1(c2ccccc2)NC(=O)N(CC(=O)Nc2cc(C)nn2-c2cc(C)cc(C)c2)C1=O. The van der Waals surface area contributed by atoms with Crippen molar-refractivity contribution in [1.29, 1.82) is 0 Å². The molecule has 2 N–H and O–H groups in total. The summed E-state index contributed by atoms with van der Waals surface area (Å²) in [7, 11) is 0. The maximum Gasteiger partial charge on any atom is 0.325 e. The summed E-state index contributed by atoms with van der Waals surface area (Å²) >= 11 is 0. The van der Waals surface area contributed by atoms with E-state index in [4.69, 9.17) is 0 Å². The van der Waals surface area contributed by atoms with Gasteiger partial charge in [0.1, 0.15) is 17.9 Å². The molecule has 0 aliphatic carbocycles. The van der Waals surface area contributed by atoms with Gasteiger partial charge in [0.25, 0.3) is 5.91 Å². The van der Waals surface area contributed by atoms with Crippen LogP contribution in [-0.2, 0) is 15.1 Å². The maximum atomic E-state index is 13.3. The normalized spacial score (nSPS) is 17.9. The Labute approximate surface area is 192 Å². The highest BCUT2D eigenvalue weighted by atomic mass is 16.2. The number of anilines is 1. The van der Waals surface area contributed by atoms with Crippen LogP contribution in [0.3, 0.4) is 0 Å².